The zero-order valence-electron chi connectivity index (χ0n) is 14.1. The first kappa shape index (κ1) is 18.1. The van der Waals surface area contributed by atoms with Gasteiger partial charge < -0.3 is 10.6 Å². The van der Waals surface area contributed by atoms with E-state index in [-0.39, 0.29) is 22.7 Å². The molecule has 128 valence electrons. The third-order valence-corrected chi connectivity index (χ3v) is 3.94. The molecule has 0 aliphatic heterocycles. The summed E-state index contributed by atoms with van der Waals surface area (Å²) in [6.07, 6.45) is 0. The van der Waals surface area contributed by atoms with Crippen LogP contribution in [0.4, 0.5) is 8.78 Å². The molecule has 0 aliphatic rings. The molecule has 2 aromatic carbocycles. The standard InChI is InChI=1S/C19H22F2N2O/c1-19(2,11-22)12-23(3)18(24)16-9-6-14(10-17(16)21)13-4-7-15(20)8-5-13/h4-10H,11-12,22H2,1-3H3. The summed E-state index contributed by atoms with van der Waals surface area (Å²) in [6.45, 7) is 4.76. The van der Waals surface area contributed by atoms with Gasteiger partial charge in [0.25, 0.3) is 5.91 Å². The fourth-order valence-electron chi connectivity index (χ4n) is 2.49. The van der Waals surface area contributed by atoms with E-state index in [1.165, 1.54) is 29.2 Å². The first-order valence-corrected chi connectivity index (χ1v) is 7.74. The van der Waals surface area contributed by atoms with Gasteiger partial charge in [-0.15, -0.1) is 0 Å². The van der Waals surface area contributed by atoms with Crippen LogP contribution in [-0.4, -0.2) is 30.9 Å². The molecule has 0 atom stereocenters. The highest BCUT2D eigenvalue weighted by atomic mass is 19.1. The molecule has 0 bridgehead atoms. The summed E-state index contributed by atoms with van der Waals surface area (Å²) in [5.41, 5.74) is 6.73. The maximum Gasteiger partial charge on any atom is 0.256 e. The summed E-state index contributed by atoms with van der Waals surface area (Å²) in [5.74, 6) is -1.34. The number of carbonyl (C=O) groups is 1. The molecular weight excluding hydrogens is 310 g/mol. The number of nitrogens with zero attached hydrogens (tertiary/aromatic N) is 1. The predicted octanol–water partition coefficient (Wildman–Crippen LogP) is 3.69. The molecule has 0 saturated heterocycles. The van der Waals surface area contributed by atoms with Crippen molar-refractivity contribution in [3.63, 3.8) is 0 Å². The Bertz CT molecular complexity index is 727. The molecule has 0 spiro atoms. The van der Waals surface area contributed by atoms with Crippen molar-refractivity contribution in [2.75, 3.05) is 20.1 Å². The number of nitrogens with two attached hydrogens (primary N) is 1. The Morgan fingerprint density at radius 1 is 1.08 bits per heavy atom. The Morgan fingerprint density at radius 2 is 1.67 bits per heavy atom. The van der Waals surface area contributed by atoms with Gasteiger partial charge in [-0.3, -0.25) is 4.79 Å². The highest BCUT2D eigenvalue weighted by molar-refractivity contribution is 5.95. The quantitative estimate of drug-likeness (QED) is 0.908. The van der Waals surface area contributed by atoms with Gasteiger partial charge in [0.05, 0.1) is 5.56 Å². The number of amides is 1. The number of rotatable bonds is 5. The summed E-state index contributed by atoms with van der Waals surface area (Å²) < 4.78 is 27.4. The average Bonchev–Trinajstić information content (AvgIpc) is 2.54. The monoisotopic (exact) mass is 332 g/mol. The summed E-state index contributed by atoms with van der Waals surface area (Å²) in [4.78, 5) is 13.9. The lowest BCUT2D eigenvalue weighted by Crippen LogP contribution is -2.40. The van der Waals surface area contributed by atoms with E-state index in [1.807, 2.05) is 13.8 Å². The molecule has 0 saturated carbocycles. The van der Waals surface area contributed by atoms with Gasteiger partial charge in [0.2, 0.25) is 0 Å². The Morgan fingerprint density at radius 3 is 2.21 bits per heavy atom. The second-order valence-corrected chi connectivity index (χ2v) is 6.73. The van der Waals surface area contributed by atoms with Gasteiger partial charge >= 0.3 is 0 Å². The van der Waals surface area contributed by atoms with E-state index in [4.69, 9.17) is 5.73 Å². The van der Waals surface area contributed by atoms with Gasteiger partial charge in [0, 0.05) is 13.6 Å². The maximum absolute atomic E-state index is 14.4. The van der Waals surface area contributed by atoms with Crippen molar-refractivity contribution in [3.05, 3.63) is 59.7 Å². The van der Waals surface area contributed by atoms with Crippen molar-refractivity contribution >= 4 is 5.91 Å². The number of benzene rings is 2. The normalized spacial score (nSPS) is 11.4. The summed E-state index contributed by atoms with van der Waals surface area (Å²) >= 11 is 0. The van der Waals surface area contributed by atoms with Gasteiger partial charge in [-0.2, -0.15) is 0 Å². The molecular formula is C19H22F2N2O. The van der Waals surface area contributed by atoms with E-state index in [2.05, 4.69) is 0 Å². The Hall–Kier alpha value is -2.27. The summed E-state index contributed by atoms with van der Waals surface area (Å²) in [6, 6.07) is 10.2. The predicted molar refractivity (Wildman–Crippen MR) is 91.6 cm³/mol. The number of hydrogen-bond donors (Lipinski definition) is 1. The van der Waals surface area contributed by atoms with Crippen LogP contribution in [0.15, 0.2) is 42.5 Å². The second-order valence-electron chi connectivity index (χ2n) is 6.73. The molecule has 2 N–H and O–H groups in total. The molecule has 2 rings (SSSR count). The zero-order valence-corrected chi connectivity index (χ0v) is 14.1. The highest BCUT2D eigenvalue weighted by Gasteiger charge is 2.23. The Kier molecular flexibility index (Phi) is 5.34. The first-order valence-electron chi connectivity index (χ1n) is 7.74. The van der Waals surface area contributed by atoms with Crippen molar-refractivity contribution in [3.8, 4) is 11.1 Å². The van der Waals surface area contributed by atoms with Crippen molar-refractivity contribution in [1.82, 2.24) is 4.90 Å². The molecule has 5 heteroatoms. The van der Waals surface area contributed by atoms with Crippen molar-refractivity contribution in [2.45, 2.75) is 13.8 Å². The SMILES string of the molecule is CN(CC(C)(C)CN)C(=O)c1ccc(-c2ccc(F)cc2)cc1F. The van der Waals surface area contributed by atoms with Gasteiger partial charge in [0.15, 0.2) is 0 Å². The molecule has 1 amide bonds. The smallest absolute Gasteiger partial charge is 0.256 e. The largest absolute Gasteiger partial charge is 0.341 e. The molecule has 0 aliphatic carbocycles. The molecule has 0 aromatic heterocycles. The van der Waals surface area contributed by atoms with Crippen LogP contribution in [0.2, 0.25) is 0 Å². The maximum atomic E-state index is 14.4. The zero-order chi connectivity index (χ0) is 17.9. The van der Waals surface area contributed by atoms with Gasteiger partial charge in [-0.05, 0) is 47.4 Å². The molecule has 0 heterocycles. The number of hydrogen-bond acceptors (Lipinski definition) is 2. The number of halogens is 2. The minimum atomic E-state index is -0.598. The van der Waals surface area contributed by atoms with E-state index in [0.717, 1.165) is 0 Å². The van der Waals surface area contributed by atoms with Gasteiger partial charge in [-0.1, -0.05) is 32.0 Å². The lowest BCUT2D eigenvalue weighted by molar-refractivity contribution is 0.0736. The molecule has 0 fully saturated rings. The van der Waals surface area contributed by atoms with Gasteiger partial charge in [0.1, 0.15) is 11.6 Å². The van der Waals surface area contributed by atoms with Crippen LogP contribution >= 0.6 is 0 Å². The minimum absolute atomic E-state index is 0.0104. The van der Waals surface area contributed by atoms with Crippen molar-refractivity contribution < 1.29 is 13.6 Å². The summed E-state index contributed by atoms with van der Waals surface area (Å²) in [7, 11) is 1.63. The van der Waals surface area contributed by atoms with Crippen LogP contribution < -0.4 is 5.73 Å². The third-order valence-electron chi connectivity index (χ3n) is 3.94. The van der Waals surface area contributed by atoms with Crippen molar-refractivity contribution in [2.24, 2.45) is 11.1 Å². The van der Waals surface area contributed by atoms with E-state index in [0.29, 0.717) is 24.2 Å². The van der Waals surface area contributed by atoms with Gasteiger partial charge in [-0.25, -0.2) is 8.78 Å². The second kappa shape index (κ2) is 7.09. The molecule has 2 aromatic rings. The Balaban J connectivity index is 2.23. The first-order chi connectivity index (χ1) is 11.2. The highest BCUT2D eigenvalue weighted by Crippen LogP contribution is 2.23. The van der Waals surface area contributed by atoms with E-state index in [9.17, 15) is 13.6 Å². The van der Waals surface area contributed by atoms with E-state index < -0.39 is 5.82 Å². The lowest BCUT2D eigenvalue weighted by atomic mass is 9.93. The Labute approximate surface area is 141 Å². The van der Waals surface area contributed by atoms with Crippen LogP contribution in [0.1, 0.15) is 24.2 Å². The third kappa shape index (κ3) is 4.17. The number of carbonyl (C=O) groups excluding carboxylic acids is 1. The van der Waals surface area contributed by atoms with Crippen LogP contribution in [0.5, 0.6) is 0 Å². The fraction of sp³-hybridized carbons (Fsp3) is 0.316. The molecule has 3 nitrogen and oxygen atoms in total. The topological polar surface area (TPSA) is 46.3 Å². The molecule has 0 unspecified atom stereocenters. The summed E-state index contributed by atoms with van der Waals surface area (Å²) in [5, 5.41) is 0. The minimum Gasteiger partial charge on any atom is -0.341 e. The lowest BCUT2D eigenvalue weighted by Gasteiger charge is -2.29. The van der Waals surface area contributed by atoms with Crippen LogP contribution in [0.3, 0.4) is 0 Å². The van der Waals surface area contributed by atoms with Crippen LogP contribution in [0, 0.1) is 17.0 Å². The van der Waals surface area contributed by atoms with Crippen molar-refractivity contribution in [1.29, 1.82) is 0 Å². The van der Waals surface area contributed by atoms with Crippen LogP contribution in [0.25, 0.3) is 11.1 Å². The molecule has 24 heavy (non-hydrogen) atoms. The molecule has 0 radical (unpaired) electrons. The van der Waals surface area contributed by atoms with E-state index >= 15 is 0 Å². The van der Waals surface area contributed by atoms with Crippen LogP contribution in [-0.2, 0) is 0 Å². The average molecular weight is 332 g/mol. The fourth-order valence-corrected chi connectivity index (χ4v) is 2.49. The van der Waals surface area contributed by atoms with E-state index in [1.54, 1.807) is 25.2 Å².